The van der Waals surface area contributed by atoms with Gasteiger partial charge < -0.3 is 5.32 Å². The summed E-state index contributed by atoms with van der Waals surface area (Å²) < 4.78 is 13.2. The molecule has 0 amide bonds. The number of thiocarbonyl (C=S) groups is 1. The molecule has 9 heteroatoms. The third-order valence-electron chi connectivity index (χ3n) is 2.51. The summed E-state index contributed by atoms with van der Waals surface area (Å²) in [6, 6.07) is 1.37. The lowest BCUT2D eigenvalue weighted by molar-refractivity contribution is 0.622. The summed E-state index contributed by atoms with van der Waals surface area (Å²) >= 11 is 10.9. The first-order valence-electron chi connectivity index (χ1n) is 6.11. The van der Waals surface area contributed by atoms with Crippen molar-refractivity contribution >= 4 is 46.4 Å². The second-order valence-corrected chi connectivity index (χ2v) is 6.60. The van der Waals surface area contributed by atoms with Crippen LogP contribution in [0.2, 0.25) is 0 Å². The minimum atomic E-state index is -0.405. The van der Waals surface area contributed by atoms with Gasteiger partial charge in [0.05, 0.1) is 6.20 Å². The van der Waals surface area contributed by atoms with Crippen LogP contribution in [0, 0.1) is 5.82 Å². The number of rotatable bonds is 4. The molecule has 2 heterocycles. The molecule has 0 saturated heterocycles. The number of aromatic nitrogens is 3. The smallest absolute Gasteiger partial charge is 0.214 e. The van der Waals surface area contributed by atoms with Gasteiger partial charge >= 0.3 is 0 Å². The number of hydrogen-bond acceptors (Lipinski definition) is 6. The molecule has 0 aliphatic carbocycles. The molecule has 2 rings (SSSR count). The van der Waals surface area contributed by atoms with Gasteiger partial charge in [-0.1, -0.05) is 18.3 Å². The number of thiol groups is 1. The summed E-state index contributed by atoms with van der Waals surface area (Å²) in [6.45, 7) is 2.63. The average Bonchev–Trinajstić information content (AvgIpc) is 2.93. The van der Waals surface area contributed by atoms with Gasteiger partial charge in [-0.3, -0.25) is 9.88 Å². The molecule has 0 fully saturated rings. The van der Waals surface area contributed by atoms with Crippen LogP contribution >= 0.6 is 36.2 Å². The second kappa shape index (κ2) is 7.10. The van der Waals surface area contributed by atoms with Crippen molar-refractivity contribution in [3.63, 3.8) is 0 Å². The van der Waals surface area contributed by atoms with E-state index >= 15 is 0 Å². The van der Waals surface area contributed by atoms with Gasteiger partial charge in [0.15, 0.2) is 10.1 Å². The highest BCUT2D eigenvalue weighted by Crippen LogP contribution is 2.27. The number of pyridine rings is 1. The highest BCUT2D eigenvalue weighted by atomic mass is 32.1. The van der Waals surface area contributed by atoms with Crippen LogP contribution in [0.5, 0.6) is 0 Å². The lowest BCUT2D eigenvalue weighted by Gasteiger charge is -2.18. The van der Waals surface area contributed by atoms with Gasteiger partial charge in [-0.15, -0.1) is 10.2 Å². The maximum Gasteiger partial charge on any atom is 0.214 e. The van der Waals surface area contributed by atoms with Crippen LogP contribution in [0.4, 0.5) is 9.52 Å². The maximum absolute atomic E-state index is 13.2. The molecule has 0 radical (unpaired) electrons. The molecular weight excluding hydrogens is 329 g/mol. The summed E-state index contributed by atoms with van der Waals surface area (Å²) in [6.07, 6.45) is 2.70. The monoisotopic (exact) mass is 343 g/mol. The van der Waals surface area contributed by atoms with Crippen molar-refractivity contribution in [1.29, 1.82) is 0 Å². The predicted octanol–water partition coefficient (Wildman–Crippen LogP) is 2.37. The summed E-state index contributed by atoms with van der Waals surface area (Å²) in [5.41, 5.74) is 0.593. The van der Waals surface area contributed by atoms with E-state index in [1.807, 2.05) is 6.92 Å². The lowest BCUT2D eigenvalue weighted by Crippen LogP contribution is -2.39. The van der Waals surface area contributed by atoms with E-state index in [-0.39, 0.29) is 5.25 Å². The highest BCUT2D eigenvalue weighted by Gasteiger charge is 2.14. The van der Waals surface area contributed by atoms with E-state index in [4.69, 9.17) is 12.2 Å². The van der Waals surface area contributed by atoms with Crippen molar-refractivity contribution in [1.82, 2.24) is 20.5 Å². The van der Waals surface area contributed by atoms with Gasteiger partial charge in [0.2, 0.25) is 5.13 Å². The summed E-state index contributed by atoms with van der Waals surface area (Å²) in [7, 11) is 1.80. The van der Waals surface area contributed by atoms with Gasteiger partial charge in [-0.25, -0.2) is 4.39 Å². The van der Waals surface area contributed by atoms with Gasteiger partial charge in [-0.05, 0) is 18.3 Å². The van der Waals surface area contributed by atoms with Crippen molar-refractivity contribution < 1.29 is 4.39 Å². The first-order chi connectivity index (χ1) is 9.97. The second-order valence-electron chi connectivity index (χ2n) is 4.38. The van der Waals surface area contributed by atoms with E-state index < -0.39 is 5.82 Å². The van der Waals surface area contributed by atoms with Crippen molar-refractivity contribution in [2.45, 2.75) is 12.2 Å². The molecule has 112 valence electrons. The molecule has 0 spiro atoms. The Balaban J connectivity index is 2.10. The summed E-state index contributed by atoms with van der Waals surface area (Å²) in [5.74, 6) is -0.405. The molecule has 0 bridgehead atoms. The molecule has 1 atom stereocenters. The van der Waals surface area contributed by atoms with Crippen LogP contribution in [-0.4, -0.2) is 39.1 Å². The fraction of sp³-hybridized carbons (Fsp3) is 0.333. The molecular formula is C12H14FN5S3. The van der Waals surface area contributed by atoms with Crippen LogP contribution in [0.15, 0.2) is 18.5 Å². The van der Waals surface area contributed by atoms with E-state index in [1.165, 1.54) is 17.4 Å². The van der Waals surface area contributed by atoms with E-state index in [1.54, 1.807) is 18.1 Å². The van der Waals surface area contributed by atoms with Gasteiger partial charge in [-0.2, -0.15) is 12.6 Å². The van der Waals surface area contributed by atoms with Crippen LogP contribution < -0.4 is 10.2 Å². The zero-order valence-corrected chi connectivity index (χ0v) is 14.0. The van der Waals surface area contributed by atoms with E-state index in [2.05, 4.69) is 33.1 Å². The minimum absolute atomic E-state index is 0.194. The number of anilines is 1. The SMILES string of the molecule is CC(S)CNC(=S)N(C)c1nnc(-c2cncc(F)c2)s1. The Labute approximate surface area is 137 Å². The molecule has 1 unspecified atom stereocenters. The number of halogens is 1. The topological polar surface area (TPSA) is 53.9 Å². The fourth-order valence-corrected chi connectivity index (χ4v) is 2.55. The molecule has 5 nitrogen and oxygen atoms in total. The van der Waals surface area contributed by atoms with Crippen molar-refractivity contribution in [3.05, 3.63) is 24.3 Å². The first-order valence-corrected chi connectivity index (χ1v) is 7.85. The Morgan fingerprint density at radius 3 is 2.95 bits per heavy atom. The van der Waals surface area contributed by atoms with Crippen molar-refractivity contribution in [2.75, 3.05) is 18.5 Å². The van der Waals surface area contributed by atoms with Crippen LogP contribution in [0.3, 0.4) is 0 Å². The third-order valence-corrected chi connectivity index (χ3v) is 4.16. The third kappa shape index (κ3) is 4.32. The van der Waals surface area contributed by atoms with Crippen molar-refractivity contribution in [3.8, 4) is 10.6 Å². The Hall–Kier alpha value is -1.32. The van der Waals surface area contributed by atoms with Crippen LogP contribution in [0.1, 0.15) is 6.92 Å². The van der Waals surface area contributed by atoms with Gasteiger partial charge in [0.1, 0.15) is 5.82 Å². The first kappa shape index (κ1) is 16.1. The highest BCUT2D eigenvalue weighted by molar-refractivity contribution is 7.81. The maximum atomic E-state index is 13.2. The predicted molar refractivity (Wildman–Crippen MR) is 90.5 cm³/mol. The van der Waals surface area contributed by atoms with E-state index in [9.17, 15) is 4.39 Å². The Kier molecular flexibility index (Phi) is 5.43. The molecule has 1 N–H and O–H groups in total. The minimum Gasteiger partial charge on any atom is -0.361 e. The van der Waals surface area contributed by atoms with Gasteiger partial charge in [0.25, 0.3) is 0 Å². The fourth-order valence-electron chi connectivity index (χ4n) is 1.44. The Morgan fingerprint density at radius 2 is 2.29 bits per heavy atom. The Bertz CT molecular complexity index is 631. The number of nitrogens with one attached hydrogen (secondary N) is 1. The van der Waals surface area contributed by atoms with E-state index in [0.717, 1.165) is 6.20 Å². The largest absolute Gasteiger partial charge is 0.361 e. The molecule has 0 aliphatic rings. The standard InChI is InChI=1S/C12H14FN5S3/c1-7(19)4-15-11(20)18(2)12-17-16-10(21-12)8-3-9(13)6-14-5-8/h3,5-7,19H,4H2,1-2H3,(H,15,20). The number of hydrogen-bond donors (Lipinski definition) is 2. The Morgan fingerprint density at radius 1 is 1.52 bits per heavy atom. The summed E-state index contributed by atoms with van der Waals surface area (Å²) in [4.78, 5) is 5.52. The van der Waals surface area contributed by atoms with Crippen molar-refractivity contribution in [2.24, 2.45) is 0 Å². The van der Waals surface area contributed by atoms with Crippen LogP contribution in [-0.2, 0) is 0 Å². The van der Waals surface area contributed by atoms with Crippen LogP contribution in [0.25, 0.3) is 10.6 Å². The molecule has 2 aromatic rings. The zero-order chi connectivity index (χ0) is 15.4. The molecule has 0 saturated carbocycles. The average molecular weight is 343 g/mol. The number of nitrogens with zero attached hydrogens (tertiary/aromatic N) is 4. The quantitative estimate of drug-likeness (QED) is 0.657. The normalized spacial score (nSPS) is 12.0. The molecule has 0 aliphatic heterocycles. The zero-order valence-electron chi connectivity index (χ0n) is 11.4. The lowest BCUT2D eigenvalue weighted by atomic mass is 10.3. The molecule has 2 aromatic heterocycles. The molecule has 0 aromatic carbocycles. The molecule has 21 heavy (non-hydrogen) atoms. The summed E-state index contributed by atoms with van der Waals surface area (Å²) in [5, 5.41) is 13.1. The van der Waals surface area contributed by atoms with E-state index in [0.29, 0.717) is 27.4 Å². The van der Waals surface area contributed by atoms with Gasteiger partial charge in [0, 0.05) is 30.6 Å².